The van der Waals surface area contributed by atoms with Crippen molar-refractivity contribution in [3.63, 3.8) is 0 Å². The van der Waals surface area contributed by atoms with Crippen molar-refractivity contribution in [3.05, 3.63) is 64.7 Å². The molecule has 0 unspecified atom stereocenters. The van der Waals surface area contributed by atoms with Crippen LogP contribution in [0.1, 0.15) is 38.8 Å². The summed E-state index contributed by atoms with van der Waals surface area (Å²) in [6, 6.07) is 10.7. The van der Waals surface area contributed by atoms with Crippen LogP contribution in [0.3, 0.4) is 0 Å². The van der Waals surface area contributed by atoms with Crippen molar-refractivity contribution in [2.45, 2.75) is 19.6 Å². The van der Waals surface area contributed by atoms with Crippen LogP contribution in [-0.4, -0.2) is 34.1 Å². The number of carbonyl (C=O) groups excluding carboxylic acids is 2. The van der Waals surface area contributed by atoms with Gasteiger partial charge in [0.05, 0.1) is 36.3 Å². The number of ether oxygens (including phenoxy) is 2. The first kappa shape index (κ1) is 20.4. The van der Waals surface area contributed by atoms with Crippen LogP contribution in [-0.2, 0) is 25.2 Å². The molecule has 0 heterocycles. The van der Waals surface area contributed by atoms with E-state index in [1.807, 2.05) is 0 Å². The number of benzene rings is 2. The fourth-order valence-electron chi connectivity index (χ4n) is 2.40. The monoisotopic (exact) mass is 391 g/mol. The van der Waals surface area contributed by atoms with Gasteiger partial charge in [-0.1, -0.05) is 12.1 Å². The molecule has 0 fully saturated rings. The molecule has 2 aromatic carbocycles. The van der Waals surface area contributed by atoms with Crippen molar-refractivity contribution in [2.75, 3.05) is 18.4 Å². The Bertz CT molecular complexity index is 935. The fourth-order valence-corrected chi connectivity index (χ4v) is 3.67. The van der Waals surface area contributed by atoms with Gasteiger partial charge >= 0.3 is 11.9 Å². The number of hydrogen-bond acceptors (Lipinski definition) is 6. The van der Waals surface area contributed by atoms with Gasteiger partial charge < -0.3 is 9.47 Å². The number of methoxy groups -OCH3 is 1. The summed E-state index contributed by atoms with van der Waals surface area (Å²) >= 11 is 0. The summed E-state index contributed by atoms with van der Waals surface area (Å²) in [4.78, 5) is 23.2. The molecule has 0 atom stereocenters. The van der Waals surface area contributed by atoms with E-state index in [1.54, 1.807) is 32.0 Å². The largest absolute Gasteiger partial charge is 0.465 e. The van der Waals surface area contributed by atoms with E-state index in [4.69, 9.17) is 4.74 Å². The van der Waals surface area contributed by atoms with E-state index in [1.165, 1.54) is 31.4 Å². The second kappa shape index (κ2) is 8.68. The molecule has 7 nitrogen and oxygen atoms in total. The summed E-state index contributed by atoms with van der Waals surface area (Å²) in [6.07, 6.45) is 0. The average molecular weight is 391 g/mol. The zero-order valence-electron chi connectivity index (χ0n) is 15.3. The van der Waals surface area contributed by atoms with Gasteiger partial charge in [0.1, 0.15) is 0 Å². The minimum absolute atomic E-state index is 0.256. The first-order chi connectivity index (χ1) is 12.8. The van der Waals surface area contributed by atoms with Crippen LogP contribution in [0, 0.1) is 6.92 Å². The predicted octanol–water partition coefficient (Wildman–Crippen LogP) is 2.90. The minimum Gasteiger partial charge on any atom is -0.465 e. The Morgan fingerprint density at radius 3 is 2.19 bits per heavy atom. The lowest BCUT2D eigenvalue weighted by atomic mass is 10.1. The Kier molecular flexibility index (Phi) is 6.57. The Morgan fingerprint density at radius 2 is 1.63 bits per heavy atom. The maximum atomic E-state index is 12.4. The summed E-state index contributed by atoms with van der Waals surface area (Å²) in [5, 5.41) is 0. The van der Waals surface area contributed by atoms with Crippen LogP contribution < -0.4 is 4.72 Å². The maximum absolute atomic E-state index is 12.4. The fraction of sp³-hybridized carbons (Fsp3) is 0.263. The molecule has 0 saturated heterocycles. The summed E-state index contributed by atoms with van der Waals surface area (Å²) in [5.74, 6) is -1.20. The Morgan fingerprint density at radius 1 is 1.00 bits per heavy atom. The van der Waals surface area contributed by atoms with Crippen molar-refractivity contribution in [2.24, 2.45) is 0 Å². The third-order valence-corrected chi connectivity index (χ3v) is 4.98. The second-order valence-corrected chi connectivity index (χ2v) is 7.52. The van der Waals surface area contributed by atoms with Gasteiger partial charge in [-0.2, -0.15) is 0 Å². The van der Waals surface area contributed by atoms with E-state index in [2.05, 4.69) is 9.46 Å². The molecule has 2 rings (SSSR count). The molecule has 0 aliphatic carbocycles. The molecule has 0 radical (unpaired) electrons. The van der Waals surface area contributed by atoms with Gasteiger partial charge in [0, 0.05) is 0 Å². The van der Waals surface area contributed by atoms with Gasteiger partial charge in [-0.3, -0.25) is 4.72 Å². The zero-order valence-corrected chi connectivity index (χ0v) is 16.1. The molecule has 0 saturated carbocycles. The van der Waals surface area contributed by atoms with Crippen LogP contribution >= 0.6 is 0 Å². The van der Waals surface area contributed by atoms with Crippen LogP contribution in [0.5, 0.6) is 0 Å². The van der Waals surface area contributed by atoms with Crippen molar-refractivity contribution < 1.29 is 27.5 Å². The third-order valence-electron chi connectivity index (χ3n) is 3.73. The lowest BCUT2D eigenvalue weighted by Crippen LogP contribution is -2.16. The van der Waals surface area contributed by atoms with Gasteiger partial charge in [-0.15, -0.1) is 0 Å². The molecule has 1 N–H and O–H groups in total. The first-order valence-electron chi connectivity index (χ1n) is 8.21. The SMILES string of the molecule is CCOC(=O)c1ccc(NS(=O)(=O)Cc2ccc(C(=O)OC)cc2)c(C)c1. The van der Waals surface area contributed by atoms with E-state index in [-0.39, 0.29) is 12.4 Å². The smallest absolute Gasteiger partial charge is 0.338 e. The summed E-state index contributed by atoms with van der Waals surface area (Å²) in [5.41, 5.74) is 2.21. The lowest BCUT2D eigenvalue weighted by molar-refractivity contribution is 0.0525. The van der Waals surface area contributed by atoms with Crippen molar-refractivity contribution in [1.29, 1.82) is 0 Å². The number of anilines is 1. The number of rotatable bonds is 7. The molecule has 2 aromatic rings. The molecule has 0 amide bonds. The highest BCUT2D eigenvalue weighted by Crippen LogP contribution is 2.20. The van der Waals surface area contributed by atoms with Crippen molar-refractivity contribution in [1.82, 2.24) is 0 Å². The number of hydrogen-bond donors (Lipinski definition) is 1. The Hall–Kier alpha value is -2.87. The summed E-state index contributed by atoms with van der Waals surface area (Å²) < 4.78 is 36.9. The minimum atomic E-state index is -3.67. The molecular formula is C19H21NO6S. The predicted molar refractivity (Wildman–Crippen MR) is 101 cm³/mol. The molecule has 0 aliphatic heterocycles. The summed E-state index contributed by atoms with van der Waals surface area (Å²) in [7, 11) is -2.40. The normalized spacial score (nSPS) is 10.9. The van der Waals surface area contributed by atoms with E-state index >= 15 is 0 Å². The second-order valence-electron chi connectivity index (χ2n) is 5.80. The van der Waals surface area contributed by atoms with E-state index in [0.717, 1.165) is 0 Å². The number of carbonyl (C=O) groups is 2. The van der Waals surface area contributed by atoms with Gasteiger partial charge in [0.2, 0.25) is 10.0 Å². The van der Waals surface area contributed by atoms with Crippen LogP contribution in [0.15, 0.2) is 42.5 Å². The summed E-state index contributed by atoms with van der Waals surface area (Å²) in [6.45, 7) is 3.68. The third kappa shape index (κ3) is 5.55. The van der Waals surface area contributed by atoms with Gasteiger partial charge in [-0.25, -0.2) is 18.0 Å². The average Bonchev–Trinajstić information content (AvgIpc) is 2.63. The number of esters is 2. The van der Waals surface area contributed by atoms with E-state index in [0.29, 0.717) is 27.9 Å². The van der Waals surface area contributed by atoms with Crippen LogP contribution in [0.25, 0.3) is 0 Å². The molecule has 0 aliphatic rings. The molecule has 0 aromatic heterocycles. The van der Waals surface area contributed by atoms with Crippen LogP contribution in [0.2, 0.25) is 0 Å². The highest BCUT2D eigenvalue weighted by atomic mass is 32.2. The van der Waals surface area contributed by atoms with Gasteiger partial charge in [0.15, 0.2) is 0 Å². The Balaban J connectivity index is 2.12. The Labute approximate surface area is 158 Å². The molecular weight excluding hydrogens is 370 g/mol. The van der Waals surface area contributed by atoms with Crippen molar-refractivity contribution in [3.8, 4) is 0 Å². The number of sulfonamides is 1. The highest BCUT2D eigenvalue weighted by Gasteiger charge is 2.15. The van der Waals surface area contributed by atoms with Gasteiger partial charge in [0.25, 0.3) is 0 Å². The molecule has 0 bridgehead atoms. The molecule has 8 heteroatoms. The first-order valence-corrected chi connectivity index (χ1v) is 9.86. The van der Waals surface area contributed by atoms with Crippen LogP contribution in [0.4, 0.5) is 5.69 Å². The maximum Gasteiger partial charge on any atom is 0.338 e. The molecule has 144 valence electrons. The van der Waals surface area contributed by atoms with Gasteiger partial charge in [-0.05, 0) is 55.3 Å². The van der Waals surface area contributed by atoms with E-state index < -0.39 is 22.0 Å². The van der Waals surface area contributed by atoms with Crippen molar-refractivity contribution >= 4 is 27.6 Å². The molecule has 27 heavy (non-hydrogen) atoms. The standard InChI is InChI=1S/C19H21NO6S/c1-4-26-19(22)16-9-10-17(13(2)11-16)20-27(23,24)12-14-5-7-15(8-6-14)18(21)25-3/h5-11,20H,4,12H2,1-3H3. The number of nitrogens with one attached hydrogen (secondary N) is 1. The number of aryl methyl sites for hydroxylation is 1. The molecule has 0 spiro atoms. The topological polar surface area (TPSA) is 98.8 Å². The quantitative estimate of drug-likeness (QED) is 0.729. The zero-order chi connectivity index (χ0) is 20.0. The lowest BCUT2D eigenvalue weighted by Gasteiger charge is -2.12. The highest BCUT2D eigenvalue weighted by molar-refractivity contribution is 7.91. The van der Waals surface area contributed by atoms with E-state index in [9.17, 15) is 18.0 Å².